The number of aromatic nitrogens is 1. The molecule has 1 saturated carbocycles. The van der Waals surface area contributed by atoms with Gasteiger partial charge in [-0.3, -0.25) is 0 Å². The van der Waals surface area contributed by atoms with Crippen molar-refractivity contribution in [3.8, 4) is 0 Å². The average Bonchev–Trinajstić information content (AvgIpc) is 2.70. The summed E-state index contributed by atoms with van der Waals surface area (Å²) in [6.45, 7) is 6.70. The van der Waals surface area contributed by atoms with Gasteiger partial charge in [-0.05, 0) is 30.9 Å². The predicted molar refractivity (Wildman–Crippen MR) is 59.1 cm³/mol. The molecule has 1 aromatic heterocycles. The second kappa shape index (κ2) is 4.18. The lowest BCUT2D eigenvalue weighted by Crippen LogP contribution is -2.19. The van der Waals surface area contributed by atoms with E-state index < -0.39 is 0 Å². The van der Waals surface area contributed by atoms with Gasteiger partial charge in [0.1, 0.15) is 0 Å². The summed E-state index contributed by atoms with van der Waals surface area (Å²) in [5.41, 5.74) is 1.42. The van der Waals surface area contributed by atoms with Gasteiger partial charge in [0, 0.05) is 31.0 Å². The molecule has 2 rings (SSSR count). The molecular formula is C12H20N2. The van der Waals surface area contributed by atoms with Gasteiger partial charge in [0.05, 0.1) is 0 Å². The Hall–Kier alpha value is -0.760. The average molecular weight is 192 g/mol. The van der Waals surface area contributed by atoms with Crippen LogP contribution < -0.4 is 5.32 Å². The SMILES string of the molecule is CCCn1cccc1CNC1CC1C. The molecule has 0 radical (unpaired) electrons. The summed E-state index contributed by atoms with van der Waals surface area (Å²) in [6.07, 6.45) is 4.74. The standard InChI is InChI=1S/C12H20N2/c1-3-6-14-7-4-5-11(14)9-13-12-8-10(12)2/h4-5,7,10,12-13H,3,6,8-9H2,1-2H3. The minimum absolute atomic E-state index is 0.778. The summed E-state index contributed by atoms with van der Waals surface area (Å²) >= 11 is 0. The van der Waals surface area contributed by atoms with Crippen LogP contribution in [0.25, 0.3) is 0 Å². The monoisotopic (exact) mass is 192 g/mol. The molecule has 2 atom stereocenters. The smallest absolute Gasteiger partial charge is 0.0361 e. The molecule has 14 heavy (non-hydrogen) atoms. The topological polar surface area (TPSA) is 17.0 Å². The van der Waals surface area contributed by atoms with Gasteiger partial charge >= 0.3 is 0 Å². The van der Waals surface area contributed by atoms with Crippen molar-refractivity contribution in [3.05, 3.63) is 24.0 Å². The van der Waals surface area contributed by atoms with Gasteiger partial charge in [0.2, 0.25) is 0 Å². The van der Waals surface area contributed by atoms with Gasteiger partial charge in [0.15, 0.2) is 0 Å². The van der Waals surface area contributed by atoms with Crippen molar-refractivity contribution in [2.75, 3.05) is 0 Å². The molecule has 1 fully saturated rings. The maximum atomic E-state index is 3.59. The van der Waals surface area contributed by atoms with Crippen molar-refractivity contribution < 1.29 is 0 Å². The molecule has 0 amide bonds. The van der Waals surface area contributed by atoms with E-state index in [2.05, 4.69) is 42.1 Å². The molecule has 1 heterocycles. The van der Waals surface area contributed by atoms with E-state index in [1.165, 1.54) is 18.5 Å². The van der Waals surface area contributed by atoms with Gasteiger partial charge in [-0.15, -0.1) is 0 Å². The lowest BCUT2D eigenvalue weighted by atomic mass is 10.4. The minimum Gasteiger partial charge on any atom is -0.350 e. The van der Waals surface area contributed by atoms with E-state index in [1.54, 1.807) is 0 Å². The van der Waals surface area contributed by atoms with Crippen LogP contribution in [-0.2, 0) is 13.1 Å². The van der Waals surface area contributed by atoms with E-state index >= 15 is 0 Å². The van der Waals surface area contributed by atoms with Crippen molar-refractivity contribution >= 4 is 0 Å². The summed E-state index contributed by atoms with van der Waals surface area (Å²) < 4.78 is 2.35. The van der Waals surface area contributed by atoms with Crippen LogP contribution in [0.2, 0.25) is 0 Å². The van der Waals surface area contributed by atoms with Gasteiger partial charge in [-0.2, -0.15) is 0 Å². The van der Waals surface area contributed by atoms with Gasteiger partial charge in [-0.1, -0.05) is 13.8 Å². The van der Waals surface area contributed by atoms with Crippen molar-refractivity contribution in [2.45, 2.75) is 45.8 Å². The van der Waals surface area contributed by atoms with Crippen LogP contribution in [0, 0.1) is 5.92 Å². The van der Waals surface area contributed by atoms with Crippen LogP contribution in [0.5, 0.6) is 0 Å². The Morgan fingerprint density at radius 1 is 1.57 bits per heavy atom. The summed E-state index contributed by atoms with van der Waals surface area (Å²) in [6, 6.07) is 5.14. The van der Waals surface area contributed by atoms with E-state index in [-0.39, 0.29) is 0 Å². The Morgan fingerprint density at radius 3 is 3.00 bits per heavy atom. The highest BCUT2D eigenvalue weighted by atomic mass is 15.0. The Morgan fingerprint density at radius 2 is 2.36 bits per heavy atom. The molecule has 0 saturated heterocycles. The summed E-state index contributed by atoms with van der Waals surface area (Å²) in [4.78, 5) is 0. The Labute approximate surface area is 86.3 Å². The van der Waals surface area contributed by atoms with Crippen LogP contribution in [0.3, 0.4) is 0 Å². The third-order valence-corrected chi connectivity index (χ3v) is 3.04. The molecule has 0 aromatic carbocycles. The molecule has 0 bridgehead atoms. The van der Waals surface area contributed by atoms with Crippen molar-refractivity contribution in [2.24, 2.45) is 5.92 Å². The van der Waals surface area contributed by atoms with Crippen LogP contribution in [0.4, 0.5) is 0 Å². The Bertz CT molecular complexity index is 290. The van der Waals surface area contributed by atoms with Crippen LogP contribution in [0.1, 0.15) is 32.4 Å². The first-order valence-corrected chi connectivity index (χ1v) is 5.68. The zero-order chi connectivity index (χ0) is 9.97. The first kappa shape index (κ1) is 9.78. The number of hydrogen-bond donors (Lipinski definition) is 1. The minimum atomic E-state index is 0.778. The fourth-order valence-electron chi connectivity index (χ4n) is 1.91. The predicted octanol–water partition coefficient (Wildman–Crippen LogP) is 2.40. The van der Waals surface area contributed by atoms with Gasteiger partial charge in [0.25, 0.3) is 0 Å². The number of rotatable bonds is 5. The largest absolute Gasteiger partial charge is 0.350 e. The van der Waals surface area contributed by atoms with E-state index in [0.717, 1.165) is 25.0 Å². The van der Waals surface area contributed by atoms with Gasteiger partial charge < -0.3 is 9.88 Å². The number of aryl methyl sites for hydroxylation is 1. The van der Waals surface area contributed by atoms with Crippen LogP contribution in [-0.4, -0.2) is 10.6 Å². The molecule has 2 nitrogen and oxygen atoms in total. The maximum absolute atomic E-state index is 3.59. The second-order valence-electron chi connectivity index (χ2n) is 4.39. The molecule has 1 aliphatic carbocycles. The lowest BCUT2D eigenvalue weighted by Gasteiger charge is -2.08. The highest BCUT2D eigenvalue weighted by Gasteiger charge is 2.31. The summed E-state index contributed by atoms with van der Waals surface area (Å²) in [7, 11) is 0. The van der Waals surface area contributed by atoms with Crippen molar-refractivity contribution in [1.82, 2.24) is 9.88 Å². The molecule has 78 valence electrons. The first-order valence-electron chi connectivity index (χ1n) is 5.68. The van der Waals surface area contributed by atoms with E-state index in [1.807, 2.05) is 0 Å². The van der Waals surface area contributed by atoms with E-state index in [0.29, 0.717) is 0 Å². The fourth-order valence-corrected chi connectivity index (χ4v) is 1.91. The van der Waals surface area contributed by atoms with Crippen LogP contribution >= 0.6 is 0 Å². The van der Waals surface area contributed by atoms with Crippen molar-refractivity contribution in [3.63, 3.8) is 0 Å². The van der Waals surface area contributed by atoms with E-state index in [4.69, 9.17) is 0 Å². The Balaban J connectivity index is 1.85. The fraction of sp³-hybridized carbons (Fsp3) is 0.667. The molecule has 0 spiro atoms. The highest BCUT2D eigenvalue weighted by Crippen LogP contribution is 2.29. The van der Waals surface area contributed by atoms with Crippen LogP contribution in [0.15, 0.2) is 18.3 Å². The quantitative estimate of drug-likeness (QED) is 0.758. The molecule has 0 aliphatic heterocycles. The Kier molecular flexibility index (Phi) is 2.92. The molecule has 1 aliphatic rings. The normalized spacial score (nSPS) is 25.3. The van der Waals surface area contributed by atoms with E-state index in [9.17, 15) is 0 Å². The third-order valence-electron chi connectivity index (χ3n) is 3.04. The van der Waals surface area contributed by atoms with Gasteiger partial charge in [-0.25, -0.2) is 0 Å². The molecule has 1 aromatic rings. The second-order valence-corrected chi connectivity index (χ2v) is 4.39. The van der Waals surface area contributed by atoms with Crippen molar-refractivity contribution in [1.29, 1.82) is 0 Å². The first-order chi connectivity index (χ1) is 6.81. The highest BCUT2D eigenvalue weighted by molar-refractivity contribution is 5.07. The zero-order valence-corrected chi connectivity index (χ0v) is 9.16. The third kappa shape index (κ3) is 2.18. The number of nitrogens with zero attached hydrogens (tertiary/aromatic N) is 1. The molecule has 2 unspecified atom stereocenters. The zero-order valence-electron chi connectivity index (χ0n) is 9.16. The molecular weight excluding hydrogens is 172 g/mol. The number of hydrogen-bond acceptors (Lipinski definition) is 1. The summed E-state index contributed by atoms with van der Waals surface area (Å²) in [5, 5.41) is 3.59. The molecule has 1 N–H and O–H groups in total. The number of nitrogens with one attached hydrogen (secondary N) is 1. The maximum Gasteiger partial charge on any atom is 0.0361 e. The molecule has 2 heteroatoms. The lowest BCUT2D eigenvalue weighted by molar-refractivity contribution is 0.588. The summed E-state index contributed by atoms with van der Waals surface area (Å²) in [5.74, 6) is 0.893.